The summed E-state index contributed by atoms with van der Waals surface area (Å²) in [5.74, 6) is -2.29. The number of methoxy groups -OCH3 is 1. The Kier molecular flexibility index (Phi) is 8.65. The van der Waals surface area contributed by atoms with Crippen molar-refractivity contribution in [1.82, 2.24) is 10.6 Å². The van der Waals surface area contributed by atoms with Gasteiger partial charge in [0.05, 0.1) is 12.0 Å². The molecule has 1 aliphatic carbocycles. The highest BCUT2D eigenvalue weighted by atomic mass is 16.5. The normalized spacial score (nSPS) is 14.9. The minimum atomic E-state index is -1.03. The molecule has 0 saturated carbocycles. The van der Waals surface area contributed by atoms with Gasteiger partial charge >= 0.3 is 12.1 Å². The van der Waals surface area contributed by atoms with Crippen LogP contribution in [0.25, 0.3) is 11.1 Å². The summed E-state index contributed by atoms with van der Waals surface area (Å²) in [6.45, 7) is 3.62. The number of carbonyl (C=O) groups is 3. The Balaban J connectivity index is 1.63. The maximum absolute atomic E-state index is 12.7. The first-order valence-corrected chi connectivity index (χ1v) is 11.5. The molecule has 1 unspecified atom stereocenters. The highest BCUT2D eigenvalue weighted by Crippen LogP contribution is 2.44. The Bertz CT molecular complexity index is 978. The van der Waals surface area contributed by atoms with Gasteiger partial charge in [-0.05, 0) is 35.6 Å². The molecule has 1 aliphatic rings. The number of carboxylic acid groups (broad SMARTS) is 1. The van der Waals surface area contributed by atoms with Gasteiger partial charge in [-0.25, -0.2) is 4.79 Å². The Morgan fingerprint density at radius 3 is 2.15 bits per heavy atom. The molecule has 8 heteroatoms. The zero-order valence-electron chi connectivity index (χ0n) is 19.7. The van der Waals surface area contributed by atoms with Crippen LogP contribution in [0.2, 0.25) is 0 Å². The van der Waals surface area contributed by atoms with Crippen LogP contribution >= 0.6 is 0 Å². The number of fused-ring (bicyclic) bond motifs is 3. The van der Waals surface area contributed by atoms with Gasteiger partial charge in [-0.15, -0.1) is 0 Å². The summed E-state index contributed by atoms with van der Waals surface area (Å²) in [4.78, 5) is 36.7. The molecule has 0 radical (unpaired) electrons. The van der Waals surface area contributed by atoms with Crippen molar-refractivity contribution in [1.29, 1.82) is 0 Å². The molecule has 0 bridgehead atoms. The third-order valence-electron chi connectivity index (χ3n) is 6.25. The van der Waals surface area contributed by atoms with Crippen LogP contribution in [-0.2, 0) is 19.1 Å². The maximum atomic E-state index is 12.7. The summed E-state index contributed by atoms with van der Waals surface area (Å²) >= 11 is 0. The van der Waals surface area contributed by atoms with Crippen LogP contribution < -0.4 is 10.6 Å². The van der Waals surface area contributed by atoms with E-state index in [1.54, 1.807) is 6.92 Å². The molecular formula is C26H32N2O6. The molecule has 0 spiro atoms. The van der Waals surface area contributed by atoms with Crippen LogP contribution in [-0.4, -0.2) is 55.5 Å². The Morgan fingerprint density at radius 1 is 1.03 bits per heavy atom. The van der Waals surface area contributed by atoms with Crippen LogP contribution in [0, 0.1) is 5.92 Å². The highest BCUT2D eigenvalue weighted by molar-refractivity contribution is 5.86. The van der Waals surface area contributed by atoms with Crippen molar-refractivity contribution < 1.29 is 29.0 Å². The predicted molar refractivity (Wildman–Crippen MR) is 128 cm³/mol. The first-order chi connectivity index (χ1) is 16.4. The van der Waals surface area contributed by atoms with Crippen LogP contribution in [0.15, 0.2) is 48.5 Å². The second-order valence-corrected chi connectivity index (χ2v) is 8.46. The number of hydrogen-bond acceptors (Lipinski definition) is 5. The summed E-state index contributed by atoms with van der Waals surface area (Å²) in [5, 5.41) is 14.5. The molecule has 2 aromatic rings. The number of aliphatic carboxylic acids is 1. The molecule has 0 saturated heterocycles. The van der Waals surface area contributed by atoms with Crippen molar-refractivity contribution in [2.45, 2.75) is 44.8 Å². The summed E-state index contributed by atoms with van der Waals surface area (Å²) in [7, 11) is 1.43. The van der Waals surface area contributed by atoms with Crippen molar-refractivity contribution >= 4 is 18.0 Å². The summed E-state index contributed by atoms with van der Waals surface area (Å²) < 4.78 is 10.8. The fourth-order valence-electron chi connectivity index (χ4n) is 4.29. The van der Waals surface area contributed by atoms with Crippen molar-refractivity contribution in [3.63, 3.8) is 0 Å². The van der Waals surface area contributed by atoms with Crippen molar-refractivity contribution in [2.75, 3.05) is 20.3 Å². The van der Waals surface area contributed by atoms with Crippen molar-refractivity contribution in [3.8, 4) is 11.1 Å². The van der Waals surface area contributed by atoms with Gasteiger partial charge in [0.1, 0.15) is 12.6 Å². The molecule has 8 nitrogen and oxygen atoms in total. The Morgan fingerprint density at radius 2 is 1.62 bits per heavy atom. The average Bonchev–Trinajstić information content (AvgIpc) is 3.16. The molecule has 3 atom stereocenters. The molecule has 34 heavy (non-hydrogen) atoms. The van der Waals surface area contributed by atoms with Gasteiger partial charge in [-0.3, -0.25) is 9.59 Å². The molecule has 0 aliphatic heterocycles. The number of carboxylic acids is 1. The summed E-state index contributed by atoms with van der Waals surface area (Å²) in [6.07, 6.45) is -0.257. The molecule has 182 valence electrons. The summed E-state index contributed by atoms with van der Waals surface area (Å²) in [6, 6.07) is 15.0. The molecule has 2 amide bonds. The van der Waals surface area contributed by atoms with E-state index in [1.165, 1.54) is 7.11 Å². The number of rotatable bonds is 11. The topological polar surface area (TPSA) is 114 Å². The van der Waals surface area contributed by atoms with Gasteiger partial charge in [0.25, 0.3) is 0 Å². The van der Waals surface area contributed by atoms with E-state index in [4.69, 9.17) is 9.47 Å². The number of nitrogens with one attached hydrogen (secondary N) is 2. The molecule has 0 heterocycles. The fraction of sp³-hybridized carbons (Fsp3) is 0.423. The van der Waals surface area contributed by atoms with E-state index in [-0.39, 0.29) is 19.1 Å². The summed E-state index contributed by atoms with van der Waals surface area (Å²) in [5.41, 5.74) is 4.42. The number of amides is 2. The van der Waals surface area contributed by atoms with Gasteiger partial charge in [0.2, 0.25) is 5.91 Å². The number of benzene rings is 2. The van der Waals surface area contributed by atoms with Crippen LogP contribution in [0.1, 0.15) is 43.7 Å². The lowest BCUT2D eigenvalue weighted by Gasteiger charge is -2.24. The molecule has 3 N–H and O–H groups in total. The van der Waals surface area contributed by atoms with Gasteiger partial charge in [0, 0.05) is 19.6 Å². The second kappa shape index (κ2) is 11.7. The second-order valence-electron chi connectivity index (χ2n) is 8.46. The van der Waals surface area contributed by atoms with E-state index in [0.29, 0.717) is 12.8 Å². The van der Waals surface area contributed by atoms with Gasteiger partial charge in [0.15, 0.2) is 0 Å². The average molecular weight is 469 g/mol. The number of ether oxygens (including phenoxy) is 2. The maximum Gasteiger partial charge on any atom is 0.407 e. The fourth-order valence-corrected chi connectivity index (χ4v) is 4.29. The van der Waals surface area contributed by atoms with Crippen molar-refractivity contribution in [2.24, 2.45) is 5.92 Å². The zero-order chi connectivity index (χ0) is 24.7. The lowest BCUT2D eigenvalue weighted by Crippen LogP contribution is -2.54. The lowest BCUT2D eigenvalue weighted by atomic mass is 9.98. The SMILES string of the molecule is CCCC(CNC(=O)[C@@H](NC(=O)OCC1c2ccccc2-c2ccccc21)[C@@H](C)OC)C(=O)O. The lowest BCUT2D eigenvalue weighted by molar-refractivity contribution is -0.142. The molecule has 0 aromatic heterocycles. The van der Waals surface area contributed by atoms with Gasteiger partial charge < -0.3 is 25.2 Å². The third-order valence-corrected chi connectivity index (χ3v) is 6.25. The number of carbonyl (C=O) groups excluding carboxylic acids is 2. The molecular weight excluding hydrogens is 436 g/mol. The number of hydrogen-bond donors (Lipinski definition) is 3. The van der Waals surface area contributed by atoms with E-state index in [1.807, 2.05) is 43.3 Å². The first-order valence-electron chi connectivity index (χ1n) is 11.5. The Hall–Kier alpha value is -3.39. The quantitative estimate of drug-likeness (QED) is 0.465. The van der Waals surface area contributed by atoms with Gasteiger partial charge in [-0.1, -0.05) is 61.9 Å². The van der Waals surface area contributed by atoms with E-state index in [2.05, 4.69) is 22.8 Å². The van der Waals surface area contributed by atoms with Gasteiger partial charge in [-0.2, -0.15) is 0 Å². The molecule has 3 rings (SSSR count). The van der Waals surface area contributed by atoms with E-state index in [0.717, 1.165) is 22.3 Å². The van der Waals surface area contributed by atoms with E-state index in [9.17, 15) is 19.5 Å². The largest absolute Gasteiger partial charge is 0.481 e. The Labute approximate surface area is 199 Å². The van der Waals surface area contributed by atoms with Crippen molar-refractivity contribution in [3.05, 3.63) is 59.7 Å². The predicted octanol–water partition coefficient (Wildman–Crippen LogP) is 3.55. The van der Waals surface area contributed by atoms with Crippen LogP contribution in [0.5, 0.6) is 0 Å². The molecule has 0 fully saturated rings. The van der Waals surface area contributed by atoms with Crippen LogP contribution in [0.3, 0.4) is 0 Å². The third kappa shape index (κ3) is 5.75. The number of alkyl carbamates (subject to hydrolysis) is 1. The van der Waals surface area contributed by atoms with E-state index < -0.39 is 36.0 Å². The first kappa shape index (κ1) is 25.2. The highest BCUT2D eigenvalue weighted by Gasteiger charge is 2.31. The van der Waals surface area contributed by atoms with E-state index >= 15 is 0 Å². The van der Waals surface area contributed by atoms with Crippen LogP contribution in [0.4, 0.5) is 4.79 Å². The standard InChI is InChI=1S/C26H32N2O6/c1-4-9-17(25(30)31)14-27-24(29)23(16(2)33-3)28-26(32)34-15-22-20-12-7-5-10-18(20)19-11-6-8-13-21(19)22/h5-8,10-13,16-17,22-23H,4,9,14-15H2,1-3H3,(H,27,29)(H,28,32)(H,30,31)/t16-,17?,23+/m1/s1. The monoisotopic (exact) mass is 468 g/mol. The smallest absolute Gasteiger partial charge is 0.407 e. The zero-order valence-corrected chi connectivity index (χ0v) is 19.7. The molecule has 2 aromatic carbocycles. The minimum absolute atomic E-state index is 0.0265. The minimum Gasteiger partial charge on any atom is -0.481 e.